The molecule has 1 amide bonds. The van der Waals surface area contributed by atoms with E-state index >= 15 is 0 Å². The maximum Gasteiger partial charge on any atom is 0.224 e. The van der Waals surface area contributed by atoms with E-state index in [2.05, 4.69) is 15.6 Å². The first-order valence-corrected chi connectivity index (χ1v) is 8.68. The van der Waals surface area contributed by atoms with Crippen molar-refractivity contribution in [3.8, 4) is 5.75 Å². The molecule has 1 aliphatic rings. The topological polar surface area (TPSA) is 62.7 Å². The molecule has 3 rings (SSSR count). The molecule has 0 atom stereocenters. The number of amides is 1. The van der Waals surface area contributed by atoms with Gasteiger partial charge in [0.15, 0.2) is 0 Å². The SMILES string of the molecule is O=C(CCCOc1ccccc1)Nc1cccc(C2=NCCCN2)c1. The summed E-state index contributed by atoms with van der Waals surface area (Å²) in [4.78, 5) is 16.6. The molecule has 2 aromatic carbocycles. The lowest BCUT2D eigenvalue weighted by Crippen LogP contribution is -2.30. The minimum absolute atomic E-state index is 0.00708. The third-order valence-corrected chi connectivity index (χ3v) is 3.88. The third-order valence-electron chi connectivity index (χ3n) is 3.88. The van der Waals surface area contributed by atoms with E-state index in [0.717, 1.165) is 42.3 Å². The van der Waals surface area contributed by atoms with Gasteiger partial charge >= 0.3 is 0 Å². The Morgan fingerprint density at radius 1 is 1.16 bits per heavy atom. The Morgan fingerprint density at radius 3 is 2.84 bits per heavy atom. The highest BCUT2D eigenvalue weighted by Crippen LogP contribution is 2.13. The Kier molecular flexibility index (Phi) is 6.04. The number of amidine groups is 1. The monoisotopic (exact) mass is 337 g/mol. The number of anilines is 1. The Morgan fingerprint density at radius 2 is 2.04 bits per heavy atom. The summed E-state index contributed by atoms with van der Waals surface area (Å²) in [5.41, 5.74) is 1.80. The minimum atomic E-state index is -0.00708. The first-order chi connectivity index (χ1) is 12.3. The molecule has 0 aliphatic carbocycles. The van der Waals surface area contributed by atoms with Gasteiger partial charge in [-0.2, -0.15) is 0 Å². The summed E-state index contributed by atoms with van der Waals surface area (Å²) in [7, 11) is 0. The van der Waals surface area contributed by atoms with E-state index in [0.29, 0.717) is 19.4 Å². The number of hydrogen-bond donors (Lipinski definition) is 2. The fourth-order valence-electron chi connectivity index (χ4n) is 2.63. The molecule has 130 valence electrons. The average Bonchev–Trinajstić information content (AvgIpc) is 2.67. The highest BCUT2D eigenvalue weighted by Gasteiger charge is 2.08. The van der Waals surface area contributed by atoms with E-state index < -0.39 is 0 Å². The van der Waals surface area contributed by atoms with Gasteiger partial charge in [0, 0.05) is 30.8 Å². The van der Waals surface area contributed by atoms with Crippen molar-refractivity contribution in [3.05, 3.63) is 60.2 Å². The van der Waals surface area contributed by atoms with Crippen molar-refractivity contribution in [1.29, 1.82) is 0 Å². The Bertz CT molecular complexity index is 729. The first kappa shape index (κ1) is 17.0. The highest BCUT2D eigenvalue weighted by molar-refractivity contribution is 6.00. The molecule has 0 aromatic heterocycles. The van der Waals surface area contributed by atoms with Crippen molar-refractivity contribution in [2.24, 2.45) is 4.99 Å². The molecule has 0 saturated carbocycles. The first-order valence-electron chi connectivity index (χ1n) is 8.68. The predicted octanol–water partition coefficient (Wildman–Crippen LogP) is 3.22. The number of ether oxygens (including phenoxy) is 1. The number of carbonyl (C=O) groups is 1. The Labute approximate surface area is 148 Å². The Balaban J connectivity index is 1.45. The summed E-state index contributed by atoms with van der Waals surface area (Å²) in [6.45, 7) is 2.31. The number of para-hydroxylation sites is 1. The summed E-state index contributed by atoms with van der Waals surface area (Å²) < 4.78 is 5.60. The molecule has 2 aromatic rings. The van der Waals surface area contributed by atoms with Crippen molar-refractivity contribution >= 4 is 17.4 Å². The summed E-state index contributed by atoms with van der Waals surface area (Å²) in [5, 5.41) is 6.24. The molecule has 25 heavy (non-hydrogen) atoms. The van der Waals surface area contributed by atoms with Gasteiger partial charge in [-0.05, 0) is 37.1 Å². The smallest absolute Gasteiger partial charge is 0.224 e. The molecule has 0 bridgehead atoms. The van der Waals surface area contributed by atoms with Crippen LogP contribution in [0, 0.1) is 0 Å². The van der Waals surface area contributed by atoms with Crippen molar-refractivity contribution in [1.82, 2.24) is 5.32 Å². The molecular weight excluding hydrogens is 314 g/mol. The molecule has 0 saturated heterocycles. The average molecular weight is 337 g/mol. The fourth-order valence-corrected chi connectivity index (χ4v) is 2.63. The van der Waals surface area contributed by atoms with Crippen LogP contribution in [-0.4, -0.2) is 31.4 Å². The van der Waals surface area contributed by atoms with E-state index in [1.807, 2.05) is 54.6 Å². The quantitative estimate of drug-likeness (QED) is 0.763. The van der Waals surface area contributed by atoms with Crippen LogP contribution in [0.15, 0.2) is 59.6 Å². The zero-order chi connectivity index (χ0) is 17.3. The van der Waals surface area contributed by atoms with Crippen molar-refractivity contribution in [2.75, 3.05) is 25.0 Å². The van der Waals surface area contributed by atoms with E-state index in [4.69, 9.17) is 4.74 Å². The van der Waals surface area contributed by atoms with Crippen LogP contribution in [-0.2, 0) is 4.79 Å². The molecule has 2 N–H and O–H groups in total. The summed E-state index contributed by atoms with van der Waals surface area (Å²) >= 11 is 0. The molecule has 5 heteroatoms. The van der Waals surface area contributed by atoms with Crippen molar-refractivity contribution in [2.45, 2.75) is 19.3 Å². The summed E-state index contributed by atoms with van der Waals surface area (Å²) in [6, 6.07) is 17.4. The van der Waals surface area contributed by atoms with Gasteiger partial charge in [0.05, 0.1) is 6.61 Å². The second-order valence-corrected chi connectivity index (χ2v) is 5.90. The van der Waals surface area contributed by atoms with Crippen LogP contribution < -0.4 is 15.4 Å². The lowest BCUT2D eigenvalue weighted by molar-refractivity contribution is -0.116. The molecule has 1 heterocycles. The zero-order valence-corrected chi connectivity index (χ0v) is 14.2. The highest BCUT2D eigenvalue weighted by atomic mass is 16.5. The largest absolute Gasteiger partial charge is 0.494 e. The molecule has 0 unspecified atom stereocenters. The lowest BCUT2D eigenvalue weighted by atomic mass is 10.1. The molecule has 0 radical (unpaired) electrons. The van der Waals surface area contributed by atoms with E-state index in [9.17, 15) is 4.79 Å². The maximum atomic E-state index is 12.1. The third kappa shape index (κ3) is 5.35. The number of hydrogen-bond acceptors (Lipinski definition) is 4. The normalized spacial score (nSPS) is 13.5. The number of nitrogens with zero attached hydrogens (tertiary/aromatic N) is 1. The summed E-state index contributed by atoms with van der Waals surface area (Å²) in [6.07, 6.45) is 2.16. The van der Waals surface area contributed by atoms with Crippen LogP contribution in [0.1, 0.15) is 24.8 Å². The van der Waals surface area contributed by atoms with Crippen LogP contribution >= 0.6 is 0 Å². The summed E-state index contributed by atoms with van der Waals surface area (Å²) in [5.74, 6) is 1.72. The fraction of sp³-hybridized carbons (Fsp3) is 0.300. The number of rotatable bonds is 7. The zero-order valence-electron chi connectivity index (χ0n) is 14.2. The number of benzene rings is 2. The predicted molar refractivity (Wildman–Crippen MR) is 100 cm³/mol. The maximum absolute atomic E-state index is 12.1. The van der Waals surface area contributed by atoms with Gasteiger partial charge in [-0.25, -0.2) is 0 Å². The molecule has 5 nitrogen and oxygen atoms in total. The second kappa shape index (κ2) is 8.87. The van der Waals surface area contributed by atoms with E-state index in [1.54, 1.807) is 0 Å². The minimum Gasteiger partial charge on any atom is -0.494 e. The Hall–Kier alpha value is -2.82. The number of aliphatic imine (C=N–C) groups is 1. The van der Waals surface area contributed by atoms with Crippen LogP contribution in [0.5, 0.6) is 5.75 Å². The van der Waals surface area contributed by atoms with E-state index in [1.165, 1.54) is 0 Å². The van der Waals surface area contributed by atoms with Crippen LogP contribution in [0.25, 0.3) is 0 Å². The number of nitrogens with one attached hydrogen (secondary N) is 2. The van der Waals surface area contributed by atoms with Gasteiger partial charge in [-0.3, -0.25) is 9.79 Å². The lowest BCUT2D eigenvalue weighted by Gasteiger charge is -2.15. The van der Waals surface area contributed by atoms with Gasteiger partial charge < -0.3 is 15.4 Å². The molecule has 0 spiro atoms. The molecular formula is C20H23N3O2. The molecule has 1 aliphatic heterocycles. The van der Waals surface area contributed by atoms with Crippen molar-refractivity contribution < 1.29 is 9.53 Å². The molecule has 0 fully saturated rings. The van der Waals surface area contributed by atoms with Gasteiger partial charge in [0.1, 0.15) is 11.6 Å². The van der Waals surface area contributed by atoms with Crippen molar-refractivity contribution in [3.63, 3.8) is 0 Å². The van der Waals surface area contributed by atoms with Gasteiger partial charge in [0.2, 0.25) is 5.91 Å². The van der Waals surface area contributed by atoms with Gasteiger partial charge in [-0.1, -0.05) is 30.3 Å². The van der Waals surface area contributed by atoms with E-state index in [-0.39, 0.29) is 5.91 Å². The van der Waals surface area contributed by atoms with Gasteiger partial charge in [-0.15, -0.1) is 0 Å². The van der Waals surface area contributed by atoms with Crippen LogP contribution in [0.2, 0.25) is 0 Å². The van der Waals surface area contributed by atoms with Gasteiger partial charge in [0.25, 0.3) is 0 Å². The standard InChI is InChI=1S/C20H23N3O2/c24-19(11-5-14-25-18-9-2-1-3-10-18)23-17-8-4-7-16(15-17)20-21-12-6-13-22-20/h1-4,7-10,15H,5-6,11-14H2,(H,21,22)(H,23,24). The van der Waals surface area contributed by atoms with Crippen LogP contribution in [0.3, 0.4) is 0 Å². The second-order valence-electron chi connectivity index (χ2n) is 5.90. The van der Waals surface area contributed by atoms with Crippen LogP contribution in [0.4, 0.5) is 5.69 Å². The number of carbonyl (C=O) groups excluding carboxylic acids is 1.